The Hall–Kier alpha value is 0.919. The minimum Gasteiger partial charge on any atom is -0.379 e. The molecule has 0 heterocycles. The van der Waals surface area contributed by atoms with Gasteiger partial charge >= 0.3 is 0 Å². The molecule has 0 aromatic carbocycles. The van der Waals surface area contributed by atoms with Crippen LogP contribution in [0, 0.1) is 4.91 Å². The van der Waals surface area contributed by atoms with E-state index in [1.807, 2.05) is 0 Å². The van der Waals surface area contributed by atoms with Gasteiger partial charge in [-0.3, -0.25) is 0 Å². The molecular formula is HCoMnNNiO2. The maximum atomic E-state index is 8.11. The Morgan fingerprint density at radius 2 is 1.50 bits per heavy atom. The summed E-state index contributed by atoms with van der Waals surface area (Å²) in [7, 11) is 0. The largest absolute Gasteiger partial charge is 0.379 e. The van der Waals surface area contributed by atoms with E-state index in [2.05, 4.69) is 0 Å². The zero-order chi connectivity index (χ0) is 2.71. The molecule has 0 fully saturated rings. The van der Waals surface area contributed by atoms with Crippen molar-refractivity contribution >= 4 is 0 Å². The molecular weight excluding hydrogens is 219 g/mol. The molecule has 0 amide bonds. The summed E-state index contributed by atoms with van der Waals surface area (Å²) in [6, 6.07) is 0. The number of rotatable bonds is 0. The van der Waals surface area contributed by atoms with Gasteiger partial charge in [0.05, 0.1) is 0 Å². The Labute approximate surface area is 65.8 Å². The second-order valence-corrected chi connectivity index (χ2v) is 0.0816. The second-order valence-electron chi connectivity index (χ2n) is 0.0816. The molecule has 0 aromatic heterocycles. The summed E-state index contributed by atoms with van der Waals surface area (Å²) in [6.07, 6.45) is 0. The van der Waals surface area contributed by atoms with Crippen LogP contribution in [-0.4, -0.2) is 5.21 Å². The predicted octanol–water partition coefficient (Wildman–Crippen LogP) is 0.135. The number of hydrogen-bond acceptors (Lipinski definition) is 2. The Morgan fingerprint density at radius 1 is 1.50 bits per heavy atom. The average Bonchev–Trinajstić information content (AvgIpc) is 0.918. The maximum absolute atomic E-state index is 8.11. The average molecular weight is 220 g/mol. The van der Waals surface area contributed by atoms with Crippen molar-refractivity contribution in [2.24, 2.45) is 5.34 Å². The Bertz CT molecular complexity index is 21.0. The molecule has 0 spiro atoms. The van der Waals surface area contributed by atoms with Crippen LogP contribution in [0.3, 0.4) is 0 Å². The SMILES string of the molecule is O=NO.[Co].[Mn].[Ni]. The van der Waals surface area contributed by atoms with Crippen LogP contribution >= 0.6 is 0 Å². The van der Waals surface area contributed by atoms with E-state index in [-0.39, 0.29) is 50.3 Å². The Balaban J connectivity index is -0.00000000667. The van der Waals surface area contributed by atoms with Crippen LogP contribution in [0.4, 0.5) is 0 Å². The first kappa shape index (κ1) is 28.4. The molecule has 0 rings (SSSR count). The molecule has 1 N–H and O–H groups in total. The predicted molar refractivity (Wildman–Crippen MR) is 7.58 cm³/mol. The Morgan fingerprint density at radius 3 is 1.50 bits per heavy atom. The van der Waals surface area contributed by atoms with Crippen LogP contribution in [-0.2, 0) is 50.3 Å². The van der Waals surface area contributed by atoms with Gasteiger partial charge in [-0.25, -0.2) is 0 Å². The molecule has 3 nitrogen and oxygen atoms in total. The van der Waals surface area contributed by atoms with Crippen LogP contribution in [0.1, 0.15) is 0 Å². The number of hydrogen-bond donors (Lipinski definition) is 1. The summed E-state index contributed by atoms with van der Waals surface area (Å²) < 4.78 is 0. The first-order valence-electron chi connectivity index (χ1n) is 0.383. The van der Waals surface area contributed by atoms with Crippen molar-refractivity contribution in [3.05, 3.63) is 4.91 Å². The van der Waals surface area contributed by atoms with Gasteiger partial charge in [-0.05, 0) is 0 Å². The third kappa shape index (κ3) is 89.4. The molecule has 0 aromatic rings. The van der Waals surface area contributed by atoms with Gasteiger partial charge in [0.25, 0.3) is 0 Å². The van der Waals surface area contributed by atoms with Crippen LogP contribution in [0.25, 0.3) is 0 Å². The van der Waals surface area contributed by atoms with Gasteiger partial charge < -0.3 is 5.21 Å². The quantitative estimate of drug-likeness (QED) is 0.358. The normalized spacial score (nSPS) is 2.00. The van der Waals surface area contributed by atoms with Crippen LogP contribution in [0.15, 0.2) is 5.34 Å². The second kappa shape index (κ2) is 38.9. The molecule has 0 aliphatic heterocycles. The van der Waals surface area contributed by atoms with E-state index < -0.39 is 0 Å². The van der Waals surface area contributed by atoms with Crippen molar-refractivity contribution in [2.75, 3.05) is 0 Å². The van der Waals surface area contributed by atoms with Crippen LogP contribution < -0.4 is 0 Å². The molecule has 6 heteroatoms. The molecule has 2 radical (unpaired) electrons. The molecule has 0 aliphatic rings. The molecule has 0 saturated heterocycles. The molecule has 0 aliphatic carbocycles. The summed E-state index contributed by atoms with van der Waals surface area (Å²) in [4.78, 5) is 8.11. The minimum atomic E-state index is 0. The van der Waals surface area contributed by atoms with Crippen LogP contribution in [0.2, 0.25) is 0 Å². The standard InChI is InChI=1S/Co.Mn.HNO2.Ni/c;;2-1-3;/h;;(H,2,3);. The zero-order valence-electron chi connectivity index (χ0n) is 2.33. The molecule has 0 saturated carbocycles. The van der Waals surface area contributed by atoms with E-state index in [1.165, 1.54) is 5.34 Å². The van der Waals surface area contributed by atoms with Crippen molar-refractivity contribution in [2.45, 2.75) is 0 Å². The van der Waals surface area contributed by atoms with E-state index in [1.54, 1.807) is 0 Å². The summed E-state index contributed by atoms with van der Waals surface area (Å²) in [6.45, 7) is 0. The fraction of sp³-hybridized carbons (Fsp3) is 0. The van der Waals surface area contributed by atoms with Crippen molar-refractivity contribution < 1.29 is 55.5 Å². The fourth-order valence-corrected chi connectivity index (χ4v) is 0. The monoisotopic (exact) mass is 219 g/mol. The molecule has 0 bridgehead atoms. The smallest absolute Gasteiger partial charge is 0.152 e. The van der Waals surface area contributed by atoms with Crippen molar-refractivity contribution in [1.29, 1.82) is 0 Å². The van der Waals surface area contributed by atoms with Gasteiger partial charge in [0, 0.05) is 50.3 Å². The summed E-state index contributed by atoms with van der Waals surface area (Å²) in [5.41, 5.74) is 0. The fourth-order valence-electron chi connectivity index (χ4n) is 0. The maximum Gasteiger partial charge on any atom is 0.152 e. The molecule has 6 heavy (non-hydrogen) atoms. The summed E-state index contributed by atoms with van der Waals surface area (Å²) >= 11 is 0. The van der Waals surface area contributed by atoms with Crippen molar-refractivity contribution in [3.63, 3.8) is 0 Å². The van der Waals surface area contributed by atoms with E-state index in [9.17, 15) is 0 Å². The van der Waals surface area contributed by atoms with Crippen molar-refractivity contribution in [1.82, 2.24) is 0 Å². The Kier molecular flexibility index (Phi) is 184. The molecule has 44 valence electrons. The minimum absolute atomic E-state index is 0. The zero-order valence-corrected chi connectivity index (χ0v) is 5.54. The van der Waals surface area contributed by atoms with Gasteiger partial charge in [-0.1, -0.05) is 0 Å². The van der Waals surface area contributed by atoms with E-state index >= 15 is 0 Å². The van der Waals surface area contributed by atoms with Gasteiger partial charge in [0.2, 0.25) is 0 Å². The topological polar surface area (TPSA) is 49.7 Å². The summed E-state index contributed by atoms with van der Waals surface area (Å²) in [5, 5.41) is 7.89. The molecule has 0 unspecified atom stereocenters. The van der Waals surface area contributed by atoms with Gasteiger partial charge in [-0.2, -0.15) is 0 Å². The van der Waals surface area contributed by atoms with E-state index in [4.69, 9.17) is 10.1 Å². The van der Waals surface area contributed by atoms with Gasteiger partial charge in [0.1, 0.15) is 0 Å². The first-order valence-corrected chi connectivity index (χ1v) is 0.383. The molecule has 0 atom stereocenters. The third-order valence-electron chi connectivity index (χ3n) is 0. The van der Waals surface area contributed by atoms with Crippen LogP contribution in [0.5, 0.6) is 0 Å². The summed E-state index contributed by atoms with van der Waals surface area (Å²) in [5.74, 6) is 0. The first-order chi connectivity index (χ1) is 1.41. The third-order valence-corrected chi connectivity index (χ3v) is 0. The van der Waals surface area contributed by atoms with Gasteiger partial charge in [0.15, 0.2) is 5.34 Å². The van der Waals surface area contributed by atoms with E-state index in [0.717, 1.165) is 0 Å². The number of nitrogens with zero attached hydrogens (tertiary/aromatic N) is 1. The van der Waals surface area contributed by atoms with Gasteiger partial charge in [-0.15, -0.1) is 4.91 Å². The van der Waals surface area contributed by atoms with E-state index in [0.29, 0.717) is 0 Å². The van der Waals surface area contributed by atoms with Crippen molar-refractivity contribution in [3.8, 4) is 0 Å².